The van der Waals surface area contributed by atoms with Crippen molar-refractivity contribution in [2.45, 2.75) is 13.3 Å². The molecule has 1 saturated carbocycles. The molecule has 0 bridgehead atoms. The third kappa shape index (κ3) is 2.01. The van der Waals surface area contributed by atoms with Crippen LogP contribution in [0, 0.1) is 11.3 Å². The highest BCUT2D eigenvalue weighted by Gasteiger charge is 2.66. The van der Waals surface area contributed by atoms with Gasteiger partial charge in [0, 0.05) is 5.92 Å². The van der Waals surface area contributed by atoms with Crippen LogP contribution in [0.3, 0.4) is 0 Å². The van der Waals surface area contributed by atoms with E-state index >= 15 is 0 Å². The number of hydrogen-bond acceptors (Lipinski definition) is 4. The van der Waals surface area contributed by atoms with Crippen molar-refractivity contribution >= 4 is 11.9 Å². The van der Waals surface area contributed by atoms with Crippen LogP contribution in [0.2, 0.25) is 0 Å². The lowest BCUT2D eigenvalue weighted by atomic mass is 10.0. The van der Waals surface area contributed by atoms with Crippen molar-refractivity contribution in [3.05, 3.63) is 24.3 Å². The monoisotopic (exact) mass is 224 g/mol. The van der Waals surface area contributed by atoms with E-state index < -0.39 is 17.4 Å². The van der Waals surface area contributed by atoms with E-state index in [9.17, 15) is 9.59 Å². The van der Waals surface area contributed by atoms with Crippen LogP contribution in [0.4, 0.5) is 0 Å². The Kier molecular flexibility index (Phi) is 3.88. The van der Waals surface area contributed by atoms with Gasteiger partial charge in [0.1, 0.15) is 0 Å². The molecule has 1 rings (SSSR count). The second-order valence-corrected chi connectivity index (χ2v) is 3.68. The third-order valence-corrected chi connectivity index (χ3v) is 2.76. The predicted octanol–water partition coefficient (Wildman–Crippen LogP) is 1.47. The Labute approximate surface area is 94.9 Å². The molecule has 0 spiro atoms. The molecule has 0 aromatic heterocycles. The molecule has 88 valence electrons. The number of methoxy groups -OCH3 is 2. The highest BCUT2D eigenvalue weighted by molar-refractivity contribution is 6.04. The van der Waals surface area contributed by atoms with E-state index in [2.05, 4.69) is 9.47 Å². The van der Waals surface area contributed by atoms with Gasteiger partial charge >= 0.3 is 11.9 Å². The fraction of sp³-hybridized carbons (Fsp3) is 0.500. The number of ether oxygens (including phenoxy) is 2. The Hall–Kier alpha value is -1.58. The lowest BCUT2D eigenvalue weighted by molar-refractivity contribution is -0.161. The summed E-state index contributed by atoms with van der Waals surface area (Å²) in [6, 6.07) is 0. The second-order valence-electron chi connectivity index (χ2n) is 3.68. The highest BCUT2D eigenvalue weighted by atomic mass is 16.5. The fourth-order valence-electron chi connectivity index (χ4n) is 1.75. The summed E-state index contributed by atoms with van der Waals surface area (Å²) in [5.74, 6) is -1.16. The smallest absolute Gasteiger partial charge is 0.323 e. The maximum absolute atomic E-state index is 11.6. The molecule has 1 unspecified atom stereocenters. The van der Waals surface area contributed by atoms with Crippen LogP contribution in [0.25, 0.3) is 0 Å². The van der Waals surface area contributed by atoms with Crippen LogP contribution in [0.1, 0.15) is 13.3 Å². The zero-order valence-corrected chi connectivity index (χ0v) is 9.73. The van der Waals surface area contributed by atoms with Gasteiger partial charge in [-0.3, -0.25) is 9.59 Å². The van der Waals surface area contributed by atoms with E-state index in [1.54, 1.807) is 0 Å². The van der Waals surface area contributed by atoms with Gasteiger partial charge in [0.15, 0.2) is 5.41 Å². The van der Waals surface area contributed by atoms with Crippen LogP contribution in [0.15, 0.2) is 24.3 Å². The first-order valence-corrected chi connectivity index (χ1v) is 5.09. The number of hydrogen-bond donors (Lipinski definition) is 0. The minimum Gasteiger partial charge on any atom is -0.468 e. The summed E-state index contributed by atoms with van der Waals surface area (Å²) in [6.45, 7) is 1.89. The molecule has 4 nitrogen and oxygen atoms in total. The van der Waals surface area contributed by atoms with E-state index in [0.29, 0.717) is 6.42 Å². The topological polar surface area (TPSA) is 52.6 Å². The highest BCUT2D eigenvalue weighted by Crippen LogP contribution is 2.55. The molecular formula is C12H16O4. The summed E-state index contributed by atoms with van der Waals surface area (Å²) in [5.41, 5.74) is -1.11. The predicted molar refractivity (Wildman–Crippen MR) is 58.5 cm³/mol. The first-order chi connectivity index (χ1) is 7.63. The molecule has 16 heavy (non-hydrogen) atoms. The first-order valence-electron chi connectivity index (χ1n) is 5.09. The van der Waals surface area contributed by atoms with E-state index in [1.165, 1.54) is 14.2 Å². The standard InChI is InChI=1S/C12H16O4/c1-4-5-6-7-9-8-12(9,10(13)15-2)11(14)16-3/h4-7,9H,8H2,1-3H3/b5-4+,7-6+. The van der Waals surface area contributed by atoms with Gasteiger partial charge in [0.25, 0.3) is 0 Å². The molecule has 0 aromatic rings. The van der Waals surface area contributed by atoms with E-state index in [-0.39, 0.29) is 5.92 Å². The van der Waals surface area contributed by atoms with Gasteiger partial charge in [-0.05, 0) is 13.3 Å². The van der Waals surface area contributed by atoms with Crippen molar-refractivity contribution in [3.8, 4) is 0 Å². The molecule has 0 amide bonds. The minimum absolute atomic E-state index is 0.122. The zero-order valence-electron chi connectivity index (χ0n) is 9.73. The quantitative estimate of drug-likeness (QED) is 0.412. The Morgan fingerprint density at radius 1 is 1.19 bits per heavy atom. The van der Waals surface area contributed by atoms with Crippen LogP contribution < -0.4 is 0 Å². The lowest BCUT2D eigenvalue weighted by Gasteiger charge is -2.10. The summed E-state index contributed by atoms with van der Waals surface area (Å²) < 4.78 is 9.29. The number of carbonyl (C=O) groups is 2. The summed E-state index contributed by atoms with van der Waals surface area (Å²) in [5, 5.41) is 0. The lowest BCUT2D eigenvalue weighted by Crippen LogP contribution is -2.30. The van der Waals surface area contributed by atoms with Gasteiger partial charge < -0.3 is 9.47 Å². The summed E-state index contributed by atoms with van der Waals surface area (Å²) in [7, 11) is 2.55. The molecule has 0 N–H and O–H groups in total. The van der Waals surface area contributed by atoms with Crippen molar-refractivity contribution in [3.63, 3.8) is 0 Å². The van der Waals surface area contributed by atoms with Crippen LogP contribution in [0.5, 0.6) is 0 Å². The molecule has 0 aromatic carbocycles. The Morgan fingerprint density at radius 3 is 2.19 bits per heavy atom. The maximum Gasteiger partial charge on any atom is 0.323 e. The maximum atomic E-state index is 11.6. The van der Waals surface area contributed by atoms with Gasteiger partial charge in [0.2, 0.25) is 0 Å². The second kappa shape index (κ2) is 4.96. The minimum atomic E-state index is -1.11. The number of carbonyl (C=O) groups excluding carboxylic acids is 2. The average molecular weight is 224 g/mol. The molecule has 0 aliphatic heterocycles. The number of allylic oxidation sites excluding steroid dienone is 4. The van der Waals surface area contributed by atoms with Gasteiger partial charge in [0.05, 0.1) is 14.2 Å². The van der Waals surface area contributed by atoms with Gasteiger partial charge in [-0.15, -0.1) is 0 Å². The van der Waals surface area contributed by atoms with E-state index in [1.807, 2.05) is 31.2 Å². The summed E-state index contributed by atoms with van der Waals surface area (Å²) in [6.07, 6.45) is 7.82. The van der Waals surface area contributed by atoms with Crippen LogP contribution in [-0.2, 0) is 19.1 Å². The van der Waals surface area contributed by atoms with Crippen molar-refractivity contribution in [2.75, 3.05) is 14.2 Å². The number of rotatable bonds is 4. The van der Waals surface area contributed by atoms with Crippen LogP contribution >= 0.6 is 0 Å². The Morgan fingerprint density at radius 2 is 1.75 bits per heavy atom. The van der Waals surface area contributed by atoms with Gasteiger partial charge in [-0.1, -0.05) is 24.3 Å². The van der Waals surface area contributed by atoms with Crippen molar-refractivity contribution in [1.82, 2.24) is 0 Å². The molecule has 1 atom stereocenters. The van der Waals surface area contributed by atoms with Gasteiger partial charge in [-0.25, -0.2) is 0 Å². The molecular weight excluding hydrogens is 208 g/mol. The summed E-state index contributed by atoms with van der Waals surface area (Å²) in [4.78, 5) is 23.1. The Balaban J connectivity index is 2.80. The molecule has 1 aliphatic rings. The fourth-order valence-corrected chi connectivity index (χ4v) is 1.75. The zero-order chi connectivity index (χ0) is 12.2. The molecule has 0 heterocycles. The molecule has 0 saturated heterocycles. The molecule has 1 fully saturated rings. The molecule has 1 aliphatic carbocycles. The van der Waals surface area contributed by atoms with Crippen molar-refractivity contribution in [1.29, 1.82) is 0 Å². The Bertz CT molecular complexity index is 325. The summed E-state index contributed by atoms with van der Waals surface area (Å²) >= 11 is 0. The normalized spacial score (nSPS) is 22.3. The largest absolute Gasteiger partial charge is 0.468 e. The van der Waals surface area contributed by atoms with Crippen molar-refractivity contribution < 1.29 is 19.1 Å². The SMILES string of the molecule is C/C=C/C=C/C1CC1(C(=O)OC)C(=O)OC. The van der Waals surface area contributed by atoms with E-state index in [0.717, 1.165) is 0 Å². The molecule has 4 heteroatoms. The first kappa shape index (κ1) is 12.5. The number of esters is 2. The average Bonchev–Trinajstić information content (AvgIpc) is 3.03. The molecule has 0 radical (unpaired) electrons. The third-order valence-electron chi connectivity index (χ3n) is 2.76. The van der Waals surface area contributed by atoms with Crippen molar-refractivity contribution in [2.24, 2.45) is 11.3 Å². The van der Waals surface area contributed by atoms with E-state index in [4.69, 9.17) is 0 Å². The van der Waals surface area contributed by atoms with Gasteiger partial charge in [-0.2, -0.15) is 0 Å². The van der Waals surface area contributed by atoms with Crippen LogP contribution in [-0.4, -0.2) is 26.2 Å².